The highest BCUT2D eigenvalue weighted by atomic mass is 32.1. The van der Waals surface area contributed by atoms with Gasteiger partial charge in [-0.2, -0.15) is 0 Å². The van der Waals surface area contributed by atoms with Crippen LogP contribution in [0.5, 0.6) is 0 Å². The average Bonchev–Trinajstić information content (AvgIpc) is 2.39. The Morgan fingerprint density at radius 3 is 2.63 bits per heavy atom. The van der Waals surface area contributed by atoms with Crippen LogP contribution in [0.4, 0.5) is 10.1 Å². The van der Waals surface area contributed by atoms with Crippen LogP contribution in [0.15, 0.2) is 42.7 Å². The number of nitrogens with zero attached hydrogens (tertiary/aromatic N) is 1. The third-order valence-corrected chi connectivity index (χ3v) is 3.04. The number of thiocarbonyl (C=S) groups is 1. The van der Waals surface area contributed by atoms with Crippen LogP contribution in [-0.2, 0) is 0 Å². The fourth-order valence-electron chi connectivity index (χ4n) is 1.86. The summed E-state index contributed by atoms with van der Waals surface area (Å²) in [5.74, 6) is -0.417. The molecule has 0 radical (unpaired) electrons. The van der Waals surface area contributed by atoms with E-state index in [1.54, 1.807) is 24.5 Å². The summed E-state index contributed by atoms with van der Waals surface area (Å²) in [5.41, 5.74) is 7.46. The van der Waals surface area contributed by atoms with Crippen molar-refractivity contribution < 1.29 is 4.39 Å². The number of anilines is 1. The number of nitrogens with one attached hydrogen (secondary N) is 1. The van der Waals surface area contributed by atoms with E-state index in [0.29, 0.717) is 5.69 Å². The van der Waals surface area contributed by atoms with Crippen molar-refractivity contribution in [1.29, 1.82) is 0 Å². The zero-order chi connectivity index (χ0) is 13.8. The van der Waals surface area contributed by atoms with Crippen molar-refractivity contribution in [3.8, 4) is 0 Å². The summed E-state index contributed by atoms with van der Waals surface area (Å²) in [5, 5.41) is 3.21. The first-order valence-electron chi connectivity index (χ1n) is 5.84. The maximum Gasteiger partial charge on any atom is 0.135 e. The summed E-state index contributed by atoms with van der Waals surface area (Å²) in [4.78, 5) is 4.01. The van der Waals surface area contributed by atoms with Crippen LogP contribution < -0.4 is 11.1 Å². The molecule has 0 bridgehead atoms. The fraction of sp³-hybridized carbons (Fsp3) is 0.143. The Morgan fingerprint density at radius 2 is 2.00 bits per heavy atom. The predicted molar refractivity (Wildman–Crippen MR) is 78.6 cm³/mol. The summed E-state index contributed by atoms with van der Waals surface area (Å²) in [6.07, 6.45) is 3.43. The van der Waals surface area contributed by atoms with Gasteiger partial charge in [-0.3, -0.25) is 4.98 Å². The molecule has 3 N–H and O–H groups in total. The highest BCUT2D eigenvalue weighted by Gasteiger charge is 2.13. The summed E-state index contributed by atoms with van der Waals surface area (Å²) in [6.45, 7) is 1.98. The lowest BCUT2D eigenvalue weighted by atomic mass is 10.1. The Kier molecular flexibility index (Phi) is 4.06. The van der Waals surface area contributed by atoms with Gasteiger partial charge >= 0.3 is 0 Å². The molecule has 1 atom stereocenters. The number of halogens is 1. The average molecular weight is 275 g/mol. The van der Waals surface area contributed by atoms with Gasteiger partial charge in [0.2, 0.25) is 0 Å². The molecule has 1 unspecified atom stereocenters. The molecule has 3 nitrogen and oxygen atoms in total. The molecular formula is C14H14FN3S. The van der Waals surface area contributed by atoms with Crippen LogP contribution in [0.25, 0.3) is 0 Å². The van der Waals surface area contributed by atoms with Gasteiger partial charge in [-0.1, -0.05) is 18.3 Å². The lowest BCUT2D eigenvalue weighted by Crippen LogP contribution is -2.17. The van der Waals surface area contributed by atoms with Gasteiger partial charge < -0.3 is 11.1 Å². The number of hydrogen-bond acceptors (Lipinski definition) is 3. The third kappa shape index (κ3) is 3.06. The molecule has 0 saturated heterocycles. The number of hydrogen-bond donors (Lipinski definition) is 2. The van der Waals surface area contributed by atoms with Gasteiger partial charge in [-0.05, 0) is 36.8 Å². The van der Waals surface area contributed by atoms with Crippen molar-refractivity contribution in [2.24, 2.45) is 5.73 Å². The molecule has 1 aromatic heterocycles. The number of aromatic nitrogens is 1. The Bertz CT molecular complexity index is 586. The van der Waals surface area contributed by atoms with E-state index in [0.717, 1.165) is 5.56 Å². The van der Waals surface area contributed by atoms with Gasteiger partial charge in [0, 0.05) is 24.1 Å². The largest absolute Gasteiger partial charge is 0.389 e. The Morgan fingerprint density at radius 1 is 1.32 bits per heavy atom. The smallest absolute Gasteiger partial charge is 0.135 e. The van der Waals surface area contributed by atoms with E-state index in [1.165, 1.54) is 6.07 Å². The molecule has 0 aliphatic rings. The van der Waals surface area contributed by atoms with Crippen LogP contribution in [0.3, 0.4) is 0 Å². The standard InChI is InChI=1S/C14H14FN3S/c1-9(10-5-7-17-8-6-10)18-12-4-2-3-11(15)13(12)14(16)19/h2-9,18H,1H3,(H2,16,19). The van der Waals surface area contributed by atoms with Crippen LogP contribution in [-0.4, -0.2) is 9.97 Å². The maximum absolute atomic E-state index is 13.7. The van der Waals surface area contributed by atoms with E-state index >= 15 is 0 Å². The quantitative estimate of drug-likeness (QED) is 0.842. The molecule has 0 aliphatic carbocycles. The first-order chi connectivity index (χ1) is 9.09. The number of benzene rings is 1. The normalized spacial score (nSPS) is 11.9. The van der Waals surface area contributed by atoms with E-state index in [2.05, 4.69) is 10.3 Å². The van der Waals surface area contributed by atoms with Crippen molar-refractivity contribution in [2.45, 2.75) is 13.0 Å². The molecule has 0 saturated carbocycles. The molecule has 2 rings (SSSR count). The van der Waals surface area contributed by atoms with Crippen molar-refractivity contribution >= 4 is 22.9 Å². The Balaban J connectivity index is 2.29. The zero-order valence-corrected chi connectivity index (χ0v) is 11.2. The highest BCUT2D eigenvalue weighted by Crippen LogP contribution is 2.24. The SMILES string of the molecule is CC(Nc1cccc(F)c1C(N)=S)c1ccncc1. The van der Waals surface area contributed by atoms with Crippen molar-refractivity contribution in [2.75, 3.05) is 5.32 Å². The fourth-order valence-corrected chi connectivity index (χ4v) is 2.07. The zero-order valence-electron chi connectivity index (χ0n) is 10.4. The highest BCUT2D eigenvalue weighted by molar-refractivity contribution is 7.80. The molecule has 19 heavy (non-hydrogen) atoms. The second-order valence-electron chi connectivity index (χ2n) is 4.17. The van der Waals surface area contributed by atoms with E-state index in [9.17, 15) is 4.39 Å². The number of rotatable bonds is 4. The molecule has 0 spiro atoms. The van der Waals surface area contributed by atoms with Crippen molar-refractivity contribution in [3.05, 3.63) is 59.7 Å². The van der Waals surface area contributed by atoms with Crippen molar-refractivity contribution in [1.82, 2.24) is 4.98 Å². The molecule has 0 aliphatic heterocycles. The molecule has 98 valence electrons. The summed E-state index contributed by atoms with van der Waals surface area (Å²) in [7, 11) is 0. The lowest BCUT2D eigenvalue weighted by Gasteiger charge is -2.18. The molecule has 0 fully saturated rings. The van der Waals surface area contributed by atoms with Crippen LogP contribution >= 0.6 is 12.2 Å². The van der Waals surface area contributed by atoms with Gasteiger partial charge in [0.05, 0.1) is 5.56 Å². The molecule has 1 heterocycles. The van der Waals surface area contributed by atoms with Gasteiger partial charge in [0.1, 0.15) is 10.8 Å². The first kappa shape index (κ1) is 13.4. The summed E-state index contributed by atoms with van der Waals surface area (Å²) in [6, 6.07) is 8.53. The van der Waals surface area contributed by atoms with Crippen molar-refractivity contribution in [3.63, 3.8) is 0 Å². The lowest BCUT2D eigenvalue weighted by molar-refractivity contribution is 0.625. The minimum absolute atomic E-state index is 0.00194. The Hall–Kier alpha value is -2.01. The van der Waals surface area contributed by atoms with E-state index < -0.39 is 5.82 Å². The monoisotopic (exact) mass is 275 g/mol. The van der Waals surface area contributed by atoms with E-state index in [1.807, 2.05) is 19.1 Å². The van der Waals surface area contributed by atoms with Gasteiger partial charge in [-0.15, -0.1) is 0 Å². The molecule has 1 aromatic carbocycles. The minimum Gasteiger partial charge on any atom is -0.389 e. The maximum atomic E-state index is 13.7. The van der Waals surface area contributed by atoms with Gasteiger partial charge in [0.15, 0.2) is 0 Å². The number of pyridine rings is 1. The van der Waals surface area contributed by atoms with E-state index in [4.69, 9.17) is 18.0 Å². The van der Waals surface area contributed by atoms with Crippen LogP contribution in [0.1, 0.15) is 24.1 Å². The molecular weight excluding hydrogens is 261 g/mol. The Labute approximate surface area is 116 Å². The first-order valence-corrected chi connectivity index (χ1v) is 6.25. The molecule has 2 aromatic rings. The minimum atomic E-state index is -0.417. The van der Waals surface area contributed by atoms with Crippen LogP contribution in [0.2, 0.25) is 0 Å². The molecule has 0 amide bonds. The van der Waals surface area contributed by atoms with Gasteiger partial charge in [0.25, 0.3) is 0 Å². The predicted octanol–water partition coefficient (Wildman–Crippen LogP) is 3.03. The van der Waals surface area contributed by atoms with Gasteiger partial charge in [-0.25, -0.2) is 4.39 Å². The molecule has 5 heteroatoms. The second-order valence-corrected chi connectivity index (χ2v) is 4.61. The number of nitrogens with two attached hydrogens (primary N) is 1. The van der Waals surface area contributed by atoms with E-state index in [-0.39, 0.29) is 16.6 Å². The topological polar surface area (TPSA) is 50.9 Å². The van der Waals surface area contributed by atoms with Crippen LogP contribution in [0, 0.1) is 5.82 Å². The summed E-state index contributed by atoms with van der Waals surface area (Å²) < 4.78 is 13.7. The third-order valence-electron chi connectivity index (χ3n) is 2.84. The summed E-state index contributed by atoms with van der Waals surface area (Å²) >= 11 is 4.89. The second kappa shape index (κ2) is 5.75.